The van der Waals surface area contributed by atoms with Crippen LogP contribution in [0.2, 0.25) is 0 Å². The monoisotopic (exact) mass is 329 g/mol. The molecule has 0 bridgehead atoms. The maximum Gasteiger partial charge on any atom is 0.331 e. The summed E-state index contributed by atoms with van der Waals surface area (Å²) in [6.07, 6.45) is 2.95. The number of methoxy groups -OCH3 is 3. The second-order valence-electron chi connectivity index (χ2n) is 3.61. The highest BCUT2D eigenvalue weighted by Gasteiger charge is 2.11. The maximum absolute atomic E-state index is 11.1. The number of carbonyl (C=O) groups excluding carboxylic acids is 1. The lowest BCUT2D eigenvalue weighted by Gasteiger charge is -2.18. The van der Waals surface area contributed by atoms with Crippen LogP contribution in [0.5, 0.6) is 11.5 Å². The Labute approximate surface area is 120 Å². The summed E-state index contributed by atoms with van der Waals surface area (Å²) in [5.41, 5.74) is 0.831. The molecule has 1 rings (SSSR count). The van der Waals surface area contributed by atoms with Gasteiger partial charge in [-0.3, -0.25) is 0 Å². The molecule has 1 aromatic carbocycles. The van der Waals surface area contributed by atoms with Crippen molar-refractivity contribution in [1.29, 1.82) is 0 Å². The molecule has 104 valence electrons. The van der Waals surface area contributed by atoms with Crippen molar-refractivity contribution >= 4 is 27.6 Å². The quantitative estimate of drug-likeness (QED) is 0.613. The van der Waals surface area contributed by atoms with Crippen LogP contribution in [0.3, 0.4) is 0 Å². The molecule has 0 fully saturated rings. The van der Waals surface area contributed by atoms with E-state index in [1.807, 2.05) is 13.1 Å². The third-order valence-corrected chi connectivity index (χ3v) is 3.10. The van der Waals surface area contributed by atoms with Gasteiger partial charge in [-0.1, -0.05) is 0 Å². The number of esters is 1. The molecule has 0 heterocycles. The fourth-order valence-electron chi connectivity index (χ4n) is 1.43. The smallest absolute Gasteiger partial charge is 0.331 e. The van der Waals surface area contributed by atoms with Gasteiger partial charge in [-0.15, -0.1) is 0 Å². The second kappa shape index (κ2) is 7.04. The third kappa shape index (κ3) is 3.89. The number of hydrogen-bond acceptors (Lipinski definition) is 5. The number of benzene rings is 1. The van der Waals surface area contributed by atoms with E-state index in [-0.39, 0.29) is 0 Å². The number of hydrogen-bond donors (Lipinski definition) is 0. The zero-order valence-electron chi connectivity index (χ0n) is 11.3. The van der Waals surface area contributed by atoms with Gasteiger partial charge in [0.05, 0.1) is 27.0 Å². The van der Waals surface area contributed by atoms with Gasteiger partial charge >= 0.3 is 5.97 Å². The molecule has 0 saturated heterocycles. The molecule has 6 heteroatoms. The third-order valence-electron chi connectivity index (χ3n) is 2.47. The summed E-state index contributed by atoms with van der Waals surface area (Å²) in [6, 6.07) is 3.61. The number of anilines is 1. The van der Waals surface area contributed by atoms with Crippen molar-refractivity contribution in [1.82, 2.24) is 0 Å². The molecular formula is C13H16BrNO4. The van der Waals surface area contributed by atoms with Crippen molar-refractivity contribution in [2.45, 2.75) is 0 Å². The van der Waals surface area contributed by atoms with E-state index in [9.17, 15) is 4.79 Å². The number of carbonyl (C=O) groups is 1. The lowest BCUT2D eigenvalue weighted by molar-refractivity contribution is -0.134. The fourth-order valence-corrected chi connectivity index (χ4v) is 2.04. The zero-order valence-corrected chi connectivity index (χ0v) is 12.9. The van der Waals surface area contributed by atoms with Crippen LogP contribution in [-0.2, 0) is 9.53 Å². The molecule has 0 unspecified atom stereocenters. The first-order valence-electron chi connectivity index (χ1n) is 5.44. The van der Waals surface area contributed by atoms with Gasteiger partial charge in [0.15, 0.2) is 11.5 Å². The van der Waals surface area contributed by atoms with Gasteiger partial charge < -0.3 is 19.1 Å². The first-order valence-corrected chi connectivity index (χ1v) is 6.23. The Morgan fingerprint density at radius 1 is 1.21 bits per heavy atom. The molecular weight excluding hydrogens is 314 g/mol. The highest BCUT2D eigenvalue weighted by molar-refractivity contribution is 9.10. The first-order chi connectivity index (χ1) is 9.03. The van der Waals surface area contributed by atoms with Crippen LogP contribution < -0.4 is 14.4 Å². The van der Waals surface area contributed by atoms with Crippen LogP contribution >= 0.6 is 15.9 Å². The number of nitrogens with zero attached hydrogens (tertiary/aromatic N) is 1. The summed E-state index contributed by atoms with van der Waals surface area (Å²) in [6.45, 7) is 0. The van der Waals surface area contributed by atoms with E-state index in [1.54, 1.807) is 31.4 Å². The highest BCUT2D eigenvalue weighted by atomic mass is 79.9. The average molecular weight is 330 g/mol. The summed E-state index contributed by atoms with van der Waals surface area (Å²) in [5, 5.41) is 0. The Balaban J connectivity index is 3.06. The van der Waals surface area contributed by atoms with Crippen LogP contribution in [0.1, 0.15) is 0 Å². The molecule has 0 amide bonds. The van der Waals surface area contributed by atoms with Crippen LogP contribution in [0, 0.1) is 0 Å². The fraction of sp³-hybridized carbons (Fsp3) is 0.308. The van der Waals surface area contributed by atoms with Crippen molar-refractivity contribution in [3.63, 3.8) is 0 Å². The van der Waals surface area contributed by atoms with Crippen LogP contribution in [-0.4, -0.2) is 34.3 Å². The van der Waals surface area contributed by atoms with Crippen molar-refractivity contribution in [3.8, 4) is 11.5 Å². The summed E-state index contributed by atoms with van der Waals surface area (Å²) >= 11 is 3.45. The van der Waals surface area contributed by atoms with Crippen LogP contribution in [0.25, 0.3) is 0 Å². The molecule has 0 radical (unpaired) electrons. The number of ether oxygens (including phenoxy) is 3. The van der Waals surface area contributed by atoms with E-state index in [1.165, 1.54) is 13.2 Å². The van der Waals surface area contributed by atoms with E-state index in [4.69, 9.17) is 9.47 Å². The molecule has 0 saturated carbocycles. The van der Waals surface area contributed by atoms with E-state index in [0.29, 0.717) is 11.5 Å². The molecule has 19 heavy (non-hydrogen) atoms. The van der Waals surface area contributed by atoms with Crippen molar-refractivity contribution in [2.24, 2.45) is 0 Å². The van der Waals surface area contributed by atoms with E-state index < -0.39 is 5.97 Å². The minimum Gasteiger partial charge on any atom is -0.493 e. The molecule has 0 atom stereocenters. The highest BCUT2D eigenvalue weighted by Crippen LogP contribution is 2.37. The Morgan fingerprint density at radius 3 is 2.32 bits per heavy atom. The second-order valence-corrected chi connectivity index (χ2v) is 4.46. The minimum absolute atomic E-state index is 0.413. The van der Waals surface area contributed by atoms with Gasteiger partial charge in [0.2, 0.25) is 0 Å². The summed E-state index contributed by atoms with van der Waals surface area (Å²) in [5.74, 6) is 0.825. The molecule has 5 nitrogen and oxygen atoms in total. The lowest BCUT2D eigenvalue weighted by atomic mass is 10.2. The minimum atomic E-state index is -0.413. The maximum atomic E-state index is 11.1. The molecule has 1 aromatic rings. The predicted molar refractivity (Wildman–Crippen MR) is 76.8 cm³/mol. The van der Waals surface area contributed by atoms with E-state index in [2.05, 4.69) is 20.7 Å². The molecule has 0 N–H and O–H groups in total. The standard InChI is InChI=1S/C13H16BrNO4/c1-15(6-5-13(16)19-4)10-8-12(18-3)11(17-2)7-9(10)14/h5-8H,1-4H3/b6-5+. The number of halogens is 1. The topological polar surface area (TPSA) is 48.0 Å². The largest absolute Gasteiger partial charge is 0.493 e. The molecule has 0 aliphatic heterocycles. The zero-order chi connectivity index (χ0) is 14.4. The van der Waals surface area contributed by atoms with E-state index >= 15 is 0 Å². The summed E-state index contributed by atoms with van der Waals surface area (Å²) in [7, 11) is 6.29. The van der Waals surface area contributed by atoms with Gasteiger partial charge in [0.25, 0.3) is 0 Å². The van der Waals surface area contributed by atoms with Gasteiger partial charge in [0, 0.05) is 35.9 Å². The van der Waals surface area contributed by atoms with Gasteiger partial charge in [-0.2, -0.15) is 0 Å². The van der Waals surface area contributed by atoms with Crippen molar-refractivity contribution in [3.05, 3.63) is 28.9 Å². The van der Waals surface area contributed by atoms with Crippen molar-refractivity contribution in [2.75, 3.05) is 33.3 Å². The first kappa shape index (κ1) is 15.4. The predicted octanol–water partition coefficient (Wildman–Crippen LogP) is 2.59. The Hall–Kier alpha value is -1.69. The summed E-state index contributed by atoms with van der Waals surface area (Å²) < 4.78 is 15.8. The van der Waals surface area contributed by atoms with Crippen LogP contribution in [0.4, 0.5) is 5.69 Å². The Morgan fingerprint density at radius 2 is 1.79 bits per heavy atom. The molecule has 0 aromatic heterocycles. The van der Waals surface area contributed by atoms with Crippen LogP contribution in [0.15, 0.2) is 28.9 Å². The van der Waals surface area contributed by atoms with Crippen molar-refractivity contribution < 1.29 is 19.0 Å². The summed E-state index contributed by atoms with van der Waals surface area (Å²) in [4.78, 5) is 12.8. The Kier molecular flexibility index (Phi) is 5.69. The average Bonchev–Trinajstić information content (AvgIpc) is 2.43. The molecule has 0 spiro atoms. The van der Waals surface area contributed by atoms with Gasteiger partial charge in [-0.25, -0.2) is 4.79 Å². The SMILES string of the molecule is COC(=O)/C=C/N(C)c1cc(OC)c(OC)cc1Br. The lowest BCUT2D eigenvalue weighted by Crippen LogP contribution is -2.10. The van der Waals surface area contributed by atoms with E-state index in [0.717, 1.165) is 10.2 Å². The normalized spacial score (nSPS) is 10.4. The van der Waals surface area contributed by atoms with Gasteiger partial charge in [0.1, 0.15) is 0 Å². The molecule has 0 aliphatic carbocycles. The van der Waals surface area contributed by atoms with Gasteiger partial charge in [-0.05, 0) is 15.9 Å². The number of rotatable bonds is 5. The Bertz CT molecular complexity index is 488. The molecule has 0 aliphatic rings.